The molecule has 6 aromatic rings. The second-order valence-electron chi connectivity index (χ2n) is 8.17. The van der Waals surface area contributed by atoms with E-state index in [1.165, 1.54) is 16.7 Å². The third-order valence-electron chi connectivity index (χ3n) is 5.45. The molecule has 0 bridgehead atoms. The van der Waals surface area contributed by atoms with Gasteiger partial charge in [-0.1, -0.05) is 108 Å². The van der Waals surface area contributed by atoms with Crippen molar-refractivity contribution in [2.75, 3.05) is 0 Å². The SMILES string of the molecule is Cc1ccc(CSc2nc3ccccc3[nH]2)cc1.c1ccc(CSc2nc3ccccc3[nH]2)cc1. The zero-order chi connectivity index (χ0) is 23.9. The first-order valence-electron chi connectivity index (χ1n) is 11.5. The number of nitrogens with one attached hydrogen (secondary N) is 2. The number of aromatic nitrogens is 4. The number of imidazole rings is 2. The summed E-state index contributed by atoms with van der Waals surface area (Å²) in [5, 5.41) is 1.96. The largest absolute Gasteiger partial charge is 0.333 e. The van der Waals surface area contributed by atoms with Gasteiger partial charge in [-0.2, -0.15) is 0 Å². The molecular weight excluding hydrogens is 468 g/mol. The maximum atomic E-state index is 4.55. The first-order chi connectivity index (χ1) is 17.2. The van der Waals surface area contributed by atoms with E-state index in [0.29, 0.717) is 0 Å². The summed E-state index contributed by atoms with van der Waals surface area (Å²) in [5.41, 5.74) is 8.20. The highest BCUT2D eigenvalue weighted by Crippen LogP contribution is 2.24. The van der Waals surface area contributed by atoms with Gasteiger partial charge in [-0.3, -0.25) is 0 Å². The second-order valence-corrected chi connectivity index (χ2v) is 10.1. The fraction of sp³-hybridized carbons (Fsp3) is 0.103. The molecule has 2 N–H and O–H groups in total. The van der Waals surface area contributed by atoms with Crippen molar-refractivity contribution in [3.8, 4) is 0 Å². The highest BCUT2D eigenvalue weighted by molar-refractivity contribution is 7.98. The van der Waals surface area contributed by atoms with Crippen LogP contribution in [0.4, 0.5) is 0 Å². The van der Waals surface area contributed by atoms with Crippen molar-refractivity contribution in [3.05, 3.63) is 120 Å². The van der Waals surface area contributed by atoms with Gasteiger partial charge in [-0.25, -0.2) is 9.97 Å². The van der Waals surface area contributed by atoms with Crippen LogP contribution in [-0.4, -0.2) is 19.9 Å². The van der Waals surface area contributed by atoms with Crippen LogP contribution in [0.15, 0.2) is 113 Å². The molecule has 0 unspecified atom stereocenters. The molecule has 0 radical (unpaired) electrons. The smallest absolute Gasteiger partial charge is 0.166 e. The standard InChI is InChI=1S/C15H14N2S.C14H12N2S/c1-11-6-8-12(9-7-11)10-18-15-16-13-4-2-3-5-14(13)17-15;1-2-6-11(7-3-1)10-17-14-15-12-8-4-5-9-13(12)16-14/h2-9H,10H2,1H3,(H,16,17);1-9H,10H2,(H,15,16). The molecule has 0 saturated carbocycles. The van der Waals surface area contributed by atoms with E-state index in [-0.39, 0.29) is 0 Å². The van der Waals surface area contributed by atoms with Gasteiger partial charge in [0.25, 0.3) is 0 Å². The number of hydrogen-bond acceptors (Lipinski definition) is 4. The number of H-pyrrole nitrogens is 2. The lowest BCUT2D eigenvalue weighted by Crippen LogP contribution is -1.82. The highest BCUT2D eigenvalue weighted by atomic mass is 32.2. The predicted molar refractivity (Wildman–Crippen MR) is 149 cm³/mol. The Morgan fingerprint density at radius 3 is 1.51 bits per heavy atom. The quantitative estimate of drug-likeness (QED) is 0.230. The molecule has 35 heavy (non-hydrogen) atoms. The molecule has 174 valence electrons. The number of aromatic amines is 2. The molecule has 0 aliphatic heterocycles. The average Bonchev–Trinajstić information content (AvgIpc) is 3.52. The fourth-order valence-corrected chi connectivity index (χ4v) is 5.24. The normalized spacial score (nSPS) is 10.9. The van der Waals surface area contributed by atoms with Crippen molar-refractivity contribution in [1.29, 1.82) is 0 Å². The lowest BCUT2D eigenvalue weighted by molar-refractivity contribution is 1.08. The first-order valence-corrected chi connectivity index (χ1v) is 13.4. The summed E-state index contributed by atoms with van der Waals surface area (Å²) in [7, 11) is 0. The monoisotopic (exact) mass is 494 g/mol. The van der Waals surface area contributed by atoms with E-state index in [2.05, 4.69) is 87.5 Å². The van der Waals surface area contributed by atoms with Crippen LogP contribution in [0.1, 0.15) is 16.7 Å². The van der Waals surface area contributed by atoms with E-state index < -0.39 is 0 Å². The molecule has 4 nitrogen and oxygen atoms in total. The van der Waals surface area contributed by atoms with Crippen molar-refractivity contribution >= 4 is 45.6 Å². The van der Waals surface area contributed by atoms with Crippen molar-refractivity contribution < 1.29 is 0 Å². The Balaban J connectivity index is 0.000000145. The molecule has 0 spiro atoms. The summed E-state index contributed by atoms with van der Waals surface area (Å²) in [6, 6.07) is 35.3. The molecule has 6 rings (SSSR count). The lowest BCUT2D eigenvalue weighted by atomic mass is 10.2. The van der Waals surface area contributed by atoms with Gasteiger partial charge < -0.3 is 9.97 Å². The molecule has 0 saturated heterocycles. The fourth-order valence-electron chi connectivity index (χ4n) is 3.56. The molecule has 2 heterocycles. The number of rotatable bonds is 6. The number of nitrogens with zero attached hydrogens (tertiary/aromatic N) is 2. The van der Waals surface area contributed by atoms with Crippen LogP contribution in [-0.2, 0) is 11.5 Å². The maximum absolute atomic E-state index is 4.55. The number of benzene rings is 4. The van der Waals surface area contributed by atoms with E-state index in [9.17, 15) is 0 Å². The van der Waals surface area contributed by atoms with Crippen molar-refractivity contribution in [2.45, 2.75) is 28.7 Å². The Kier molecular flexibility index (Phi) is 7.51. The number of fused-ring (bicyclic) bond motifs is 2. The molecule has 4 aromatic carbocycles. The first kappa shape index (κ1) is 23.3. The molecule has 2 aromatic heterocycles. The van der Waals surface area contributed by atoms with Crippen molar-refractivity contribution in [1.82, 2.24) is 19.9 Å². The number of para-hydroxylation sites is 4. The van der Waals surface area contributed by atoms with E-state index in [1.54, 1.807) is 23.5 Å². The Bertz CT molecular complexity index is 1440. The maximum Gasteiger partial charge on any atom is 0.166 e. The van der Waals surface area contributed by atoms with Crippen molar-refractivity contribution in [2.24, 2.45) is 0 Å². The number of thioether (sulfide) groups is 2. The summed E-state index contributed by atoms with van der Waals surface area (Å²) in [6.07, 6.45) is 0. The molecule has 0 amide bonds. The third-order valence-corrected chi connectivity index (χ3v) is 7.34. The molecule has 0 aliphatic carbocycles. The van der Waals surface area contributed by atoms with Crippen LogP contribution in [0.5, 0.6) is 0 Å². The van der Waals surface area contributed by atoms with Gasteiger partial charge in [0.15, 0.2) is 10.3 Å². The van der Waals surface area contributed by atoms with Gasteiger partial charge in [-0.05, 0) is 42.3 Å². The summed E-state index contributed by atoms with van der Waals surface area (Å²) < 4.78 is 0. The molecular formula is C29H26N4S2. The summed E-state index contributed by atoms with van der Waals surface area (Å²) in [6.45, 7) is 2.11. The topological polar surface area (TPSA) is 57.4 Å². The van der Waals surface area contributed by atoms with Crippen molar-refractivity contribution in [3.63, 3.8) is 0 Å². The second kappa shape index (κ2) is 11.3. The molecule has 0 fully saturated rings. The zero-order valence-corrected chi connectivity index (χ0v) is 21.1. The Morgan fingerprint density at radius 1 is 0.543 bits per heavy atom. The zero-order valence-electron chi connectivity index (χ0n) is 19.4. The van der Waals surface area contributed by atoms with Crippen LogP contribution in [0, 0.1) is 6.92 Å². The van der Waals surface area contributed by atoms with Gasteiger partial charge in [0, 0.05) is 11.5 Å². The highest BCUT2D eigenvalue weighted by Gasteiger charge is 2.04. The Morgan fingerprint density at radius 2 is 1.00 bits per heavy atom. The molecule has 0 aliphatic rings. The van der Waals surface area contributed by atoms with E-state index in [1.807, 2.05) is 42.5 Å². The van der Waals surface area contributed by atoms with Crippen LogP contribution >= 0.6 is 23.5 Å². The van der Waals surface area contributed by atoms with Gasteiger partial charge in [0.1, 0.15) is 0 Å². The Labute approximate surface area is 213 Å². The predicted octanol–water partition coefficient (Wildman–Crippen LogP) is 8.02. The third kappa shape index (κ3) is 6.35. The van der Waals surface area contributed by atoms with E-state index in [4.69, 9.17) is 0 Å². The number of aryl methyl sites for hydroxylation is 1. The average molecular weight is 495 g/mol. The van der Waals surface area contributed by atoms with E-state index in [0.717, 1.165) is 43.9 Å². The van der Waals surface area contributed by atoms with Crippen LogP contribution < -0.4 is 0 Å². The minimum Gasteiger partial charge on any atom is -0.333 e. The minimum atomic E-state index is 0.945. The Hall–Kier alpha value is -3.48. The minimum absolute atomic E-state index is 0.945. The summed E-state index contributed by atoms with van der Waals surface area (Å²) in [4.78, 5) is 15.7. The van der Waals surface area contributed by atoms with Crippen LogP contribution in [0.2, 0.25) is 0 Å². The summed E-state index contributed by atoms with van der Waals surface area (Å²) in [5.74, 6) is 1.89. The lowest BCUT2D eigenvalue weighted by Gasteiger charge is -1.99. The van der Waals surface area contributed by atoms with E-state index >= 15 is 0 Å². The number of hydrogen-bond donors (Lipinski definition) is 2. The summed E-state index contributed by atoms with van der Waals surface area (Å²) >= 11 is 3.47. The molecule has 6 heteroatoms. The van der Waals surface area contributed by atoms with Gasteiger partial charge in [-0.15, -0.1) is 0 Å². The van der Waals surface area contributed by atoms with Gasteiger partial charge >= 0.3 is 0 Å². The molecule has 0 atom stereocenters. The van der Waals surface area contributed by atoms with Gasteiger partial charge in [0.05, 0.1) is 22.1 Å². The van der Waals surface area contributed by atoms with Crippen LogP contribution in [0.3, 0.4) is 0 Å². The van der Waals surface area contributed by atoms with Crippen LogP contribution in [0.25, 0.3) is 22.1 Å². The van der Waals surface area contributed by atoms with Gasteiger partial charge in [0.2, 0.25) is 0 Å².